The van der Waals surface area contributed by atoms with Gasteiger partial charge >= 0.3 is 0 Å². The lowest BCUT2D eigenvalue weighted by Gasteiger charge is -2.15. The molecule has 3 rings (SSSR count). The van der Waals surface area contributed by atoms with Crippen LogP contribution in [0.4, 0.5) is 10.5 Å². The van der Waals surface area contributed by atoms with Gasteiger partial charge in [0.25, 0.3) is 11.1 Å². The predicted molar refractivity (Wildman–Crippen MR) is 131 cm³/mol. The van der Waals surface area contributed by atoms with Crippen molar-refractivity contribution >= 4 is 40.6 Å². The van der Waals surface area contributed by atoms with E-state index in [2.05, 4.69) is 5.32 Å². The second-order valence-corrected chi connectivity index (χ2v) is 8.86. The zero-order valence-electron chi connectivity index (χ0n) is 19.4. The lowest BCUT2D eigenvalue weighted by Crippen LogP contribution is -2.36. The molecule has 2 aromatic carbocycles. The van der Waals surface area contributed by atoms with E-state index in [9.17, 15) is 14.4 Å². The molecule has 7 nitrogen and oxygen atoms in total. The van der Waals surface area contributed by atoms with E-state index in [0.29, 0.717) is 22.7 Å². The number of anilines is 1. The van der Waals surface area contributed by atoms with E-state index >= 15 is 0 Å². The molecule has 1 atom stereocenters. The maximum atomic E-state index is 12.8. The molecule has 8 heteroatoms. The zero-order chi connectivity index (χ0) is 24.1. The number of benzene rings is 2. The van der Waals surface area contributed by atoms with Crippen LogP contribution in [0.5, 0.6) is 11.5 Å². The maximum absolute atomic E-state index is 12.8. The number of rotatable bonds is 8. The van der Waals surface area contributed by atoms with Crippen LogP contribution in [0.3, 0.4) is 0 Å². The summed E-state index contributed by atoms with van der Waals surface area (Å²) in [5.74, 6) is 0.213. The van der Waals surface area contributed by atoms with E-state index < -0.39 is 17.1 Å². The van der Waals surface area contributed by atoms with E-state index in [1.54, 1.807) is 37.5 Å². The van der Waals surface area contributed by atoms with Gasteiger partial charge < -0.3 is 14.8 Å². The Bertz CT molecular complexity index is 1110. The van der Waals surface area contributed by atoms with E-state index in [-0.39, 0.29) is 17.6 Å². The van der Waals surface area contributed by atoms with Crippen molar-refractivity contribution in [2.75, 3.05) is 19.0 Å². The number of nitrogens with one attached hydrogen (secondary N) is 1. The van der Waals surface area contributed by atoms with Gasteiger partial charge in [-0.25, -0.2) is 0 Å². The monoisotopic (exact) mass is 468 g/mol. The molecule has 0 bridgehead atoms. The number of nitrogens with zero attached hydrogens (tertiary/aromatic N) is 1. The Morgan fingerprint density at radius 3 is 2.55 bits per heavy atom. The summed E-state index contributed by atoms with van der Waals surface area (Å²) in [5, 5.41) is 2.26. The Hall–Kier alpha value is -3.26. The van der Waals surface area contributed by atoms with Gasteiger partial charge in [-0.1, -0.05) is 19.1 Å². The first-order valence-electron chi connectivity index (χ1n) is 10.7. The van der Waals surface area contributed by atoms with Crippen molar-refractivity contribution in [3.05, 3.63) is 58.0 Å². The number of carbonyl (C=O) groups excluding carboxylic acids is 3. The van der Waals surface area contributed by atoms with Gasteiger partial charge in [0, 0.05) is 5.69 Å². The van der Waals surface area contributed by atoms with Gasteiger partial charge in [0.05, 0.1) is 18.1 Å². The molecule has 0 saturated carbocycles. The Balaban J connectivity index is 1.71. The first-order chi connectivity index (χ1) is 15.7. The van der Waals surface area contributed by atoms with Gasteiger partial charge in [-0.15, -0.1) is 0 Å². The molecule has 0 aliphatic carbocycles. The van der Waals surface area contributed by atoms with Gasteiger partial charge in [-0.05, 0) is 86.0 Å². The Kier molecular flexibility index (Phi) is 7.81. The smallest absolute Gasteiger partial charge is 0.294 e. The Morgan fingerprint density at radius 2 is 1.88 bits per heavy atom. The fraction of sp³-hybridized carbons (Fsp3) is 0.320. The molecular weight excluding hydrogens is 440 g/mol. The van der Waals surface area contributed by atoms with E-state index in [4.69, 9.17) is 9.47 Å². The molecular formula is C25H28N2O5S. The second-order valence-electron chi connectivity index (χ2n) is 7.86. The summed E-state index contributed by atoms with van der Waals surface area (Å²) < 4.78 is 11.3. The van der Waals surface area contributed by atoms with E-state index in [0.717, 1.165) is 34.2 Å². The molecule has 33 heavy (non-hydrogen) atoms. The van der Waals surface area contributed by atoms with Crippen LogP contribution in [0.1, 0.15) is 37.0 Å². The third-order valence-corrected chi connectivity index (χ3v) is 6.26. The largest absolute Gasteiger partial charge is 0.493 e. The summed E-state index contributed by atoms with van der Waals surface area (Å²) in [4.78, 5) is 38.8. The van der Waals surface area contributed by atoms with Crippen LogP contribution in [0, 0.1) is 13.8 Å². The number of aryl methyl sites for hydroxylation is 2. The highest BCUT2D eigenvalue weighted by Crippen LogP contribution is 2.35. The van der Waals surface area contributed by atoms with Gasteiger partial charge in [-0.3, -0.25) is 19.3 Å². The highest BCUT2D eigenvalue weighted by molar-refractivity contribution is 8.18. The molecule has 1 aliphatic heterocycles. The standard InChI is InChI=1S/C25H28N2O5S/c1-6-17(4)32-20-10-8-18(12-21(20)31-5)13-22-24(29)27(25(30)33-22)14-23(28)26-19-9-7-15(2)16(3)11-19/h7-13,17H,6,14H2,1-5H3,(H,26,28)/b22-13+. The fourth-order valence-electron chi connectivity index (χ4n) is 3.12. The zero-order valence-corrected chi connectivity index (χ0v) is 20.2. The van der Waals surface area contributed by atoms with Crippen molar-refractivity contribution in [2.24, 2.45) is 0 Å². The van der Waals surface area contributed by atoms with Crippen LogP contribution in [0.25, 0.3) is 6.08 Å². The quantitative estimate of drug-likeness (QED) is 0.539. The van der Waals surface area contributed by atoms with Crippen molar-refractivity contribution < 1.29 is 23.9 Å². The van der Waals surface area contributed by atoms with Gasteiger partial charge in [0.15, 0.2) is 11.5 Å². The van der Waals surface area contributed by atoms with Gasteiger partial charge in [-0.2, -0.15) is 0 Å². The number of ether oxygens (including phenoxy) is 2. The molecule has 1 heterocycles. The van der Waals surface area contributed by atoms with Crippen LogP contribution in [-0.4, -0.2) is 41.7 Å². The van der Waals surface area contributed by atoms with Crippen molar-refractivity contribution in [1.29, 1.82) is 0 Å². The van der Waals surface area contributed by atoms with Crippen LogP contribution in [0.2, 0.25) is 0 Å². The average molecular weight is 469 g/mol. The summed E-state index contributed by atoms with van der Waals surface area (Å²) >= 11 is 0.808. The van der Waals surface area contributed by atoms with Gasteiger partial charge in [0.1, 0.15) is 6.54 Å². The molecule has 1 N–H and O–H groups in total. The van der Waals surface area contributed by atoms with Crippen LogP contribution in [0.15, 0.2) is 41.3 Å². The summed E-state index contributed by atoms with van der Waals surface area (Å²) in [6.45, 7) is 7.59. The summed E-state index contributed by atoms with van der Waals surface area (Å²) in [6, 6.07) is 10.9. The first kappa shape index (κ1) is 24.4. The normalized spacial score (nSPS) is 15.7. The van der Waals surface area contributed by atoms with Crippen molar-refractivity contribution in [1.82, 2.24) is 4.90 Å². The maximum Gasteiger partial charge on any atom is 0.294 e. The molecule has 1 saturated heterocycles. The number of carbonyl (C=O) groups is 3. The van der Waals surface area contributed by atoms with Crippen molar-refractivity contribution in [2.45, 2.75) is 40.2 Å². The number of methoxy groups -OCH3 is 1. The van der Waals surface area contributed by atoms with Crippen LogP contribution in [-0.2, 0) is 9.59 Å². The lowest BCUT2D eigenvalue weighted by atomic mass is 10.1. The second kappa shape index (κ2) is 10.6. The number of thioether (sulfide) groups is 1. The Morgan fingerprint density at radius 1 is 1.12 bits per heavy atom. The summed E-state index contributed by atoms with van der Waals surface area (Å²) in [6.07, 6.45) is 2.51. The first-order valence-corrected chi connectivity index (χ1v) is 11.5. The molecule has 174 valence electrons. The SMILES string of the molecule is CCC(C)Oc1ccc(/C=C2/SC(=O)N(CC(=O)Nc3ccc(C)c(C)c3)C2=O)cc1OC. The van der Waals surface area contributed by atoms with E-state index in [1.165, 1.54) is 0 Å². The third kappa shape index (κ3) is 5.96. The molecule has 0 radical (unpaired) electrons. The molecule has 1 fully saturated rings. The molecule has 3 amide bonds. The molecule has 2 aromatic rings. The van der Waals surface area contributed by atoms with Crippen molar-refractivity contribution in [3.63, 3.8) is 0 Å². The third-order valence-electron chi connectivity index (χ3n) is 5.35. The molecule has 0 aromatic heterocycles. The number of amides is 3. The molecule has 0 spiro atoms. The number of hydrogen-bond donors (Lipinski definition) is 1. The van der Waals surface area contributed by atoms with Crippen LogP contribution < -0.4 is 14.8 Å². The average Bonchev–Trinajstić information content (AvgIpc) is 3.04. The topological polar surface area (TPSA) is 84.9 Å². The highest BCUT2D eigenvalue weighted by Gasteiger charge is 2.36. The predicted octanol–water partition coefficient (Wildman–Crippen LogP) is 5.16. The molecule has 1 aliphatic rings. The van der Waals surface area contributed by atoms with Gasteiger partial charge in [0.2, 0.25) is 5.91 Å². The summed E-state index contributed by atoms with van der Waals surface area (Å²) in [7, 11) is 1.55. The highest BCUT2D eigenvalue weighted by atomic mass is 32.2. The lowest BCUT2D eigenvalue weighted by molar-refractivity contribution is -0.127. The number of hydrogen-bond acceptors (Lipinski definition) is 6. The number of imide groups is 1. The van der Waals surface area contributed by atoms with Crippen molar-refractivity contribution in [3.8, 4) is 11.5 Å². The molecule has 1 unspecified atom stereocenters. The van der Waals surface area contributed by atoms with Crippen LogP contribution >= 0.6 is 11.8 Å². The fourth-order valence-corrected chi connectivity index (χ4v) is 3.96. The minimum atomic E-state index is -0.501. The minimum absolute atomic E-state index is 0.0382. The minimum Gasteiger partial charge on any atom is -0.493 e. The van der Waals surface area contributed by atoms with E-state index in [1.807, 2.05) is 39.8 Å². The summed E-state index contributed by atoms with van der Waals surface area (Å²) in [5.41, 5.74) is 3.46. The Labute approximate surface area is 198 Å².